The molecule has 0 rings (SSSR count). The van der Waals surface area contributed by atoms with Gasteiger partial charge in [-0.05, 0) is 12.8 Å². The molecule has 1 unspecified atom stereocenters. The summed E-state index contributed by atoms with van der Waals surface area (Å²) in [6.45, 7) is 2.27. The maximum absolute atomic E-state index is 10.1. The minimum absolute atomic E-state index is 0.585. The van der Waals surface area contributed by atoms with Crippen molar-refractivity contribution in [2.75, 3.05) is 0 Å². The predicted octanol–water partition coefficient (Wildman–Crippen LogP) is 5.65. The van der Waals surface area contributed by atoms with Crippen molar-refractivity contribution in [3.05, 3.63) is 5.21 Å². The lowest BCUT2D eigenvalue weighted by molar-refractivity contribution is 0.140. The molecule has 1 atom stereocenters. The van der Waals surface area contributed by atoms with Gasteiger partial charge in [0, 0.05) is 0 Å². The van der Waals surface area contributed by atoms with Crippen LogP contribution in [0.1, 0.15) is 110 Å². The van der Waals surface area contributed by atoms with Gasteiger partial charge in [-0.25, -0.2) is 0 Å². The first-order chi connectivity index (χ1) is 10.3. The van der Waals surface area contributed by atoms with E-state index >= 15 is 0 Å². The Hall–Kier alpha value is -0.120. The molecule has 0 aromatic carbocycles. The Morgan fingerprint density at radius 2 is 1.00 bits per heavy atom. The minimum atomic E-state index is -0.855. The molecule has 0 aromatic rings. The van der Waals surface area contributed by atoms with Gasteiger partial charge in [0.15, 0.2) is 0 Å². The molecule has 0 fully saturated rings. The highest BCUT2D eigenvalue weighted by molar-refractivity contribution is 4.54. The van der Waals surface area contributed by atoms with Gasteiger partial charge in [0.2, 0.25) is 0 Å². The average molecular weight is 301 g/mol. The summed E-state index contributed by atoms with van der Waals surface area (Å²) in [7, 11) is 0. The minimum Gasteiger partial charge on any atom is -0.786 e. The second-order valence-electron chi connectivity index (χ2n) is 6.37. The van der Waals surface area contributed by atoms with E-state index in [1.54, 1.807) is 5.48 Å². The Bertz CT molecular complexity index is 188. The SMILES string of the molecule is CCCCCCCCCCCCCCCCCC(O)N[O-]. The van der Waals surface area contributed by atoms with Gasteiger partial charge >= 0.3 is 0 Å². The number of aliphatic hydroxyl groups is 1. The molecule has 128 valence electrons. The fourth-order valence-corrected chi connectivity index (χ4v) is 2.77. The van der Waals surface area contributed by atoms with Gasteiger partial charge in [0.25, 0.3) is 0 Å². The first kappa shape index (κ1) is 20.9. The molecule has 0 radical (unpaired) electrons. The molecule has 3 heteroatoms. The Labute approximate surface area is 132 Å². The third-order valence-electron chi connectivity index (χ3n) is 4.22. The molecule has 0 saturated heterocycles. The van der Waals surface area contributed by atoms with Gasteiger partial charge in [-0.3, -0.25) is 0 Å². The molecule has 0 saturated carbocycles. The number of nitrogens with one attached hydrogen (secondary N) is 1. The van der Waals surface area contributed by atoms with Crippen molar-refractivity contribution in [2.45, 2.75) is 116 Å². The van der Waals surface area contributed by atoms with Crippen molar-refractivity contribution in [1.82, 2.24) is 5.48 Å². The third-order valence-corrected chi connectivity index (χ3v) is 4.22. The molecule has 0 amide bonds. The number of rotatable bonds is 17. The highest BCUT2D eigenvalue weighted by Crippen LogP contribution is 2.13. The fourth-order valence-electron chi connectivity index (χ4n) is 2.77. The largest absolute Gasteiger partial charge is 0.786 e. The van der Waals surface area contributed by atoms with Crippen molar-refractivity contribution < 1.29 is 5.11 Å². The Balaban J connectivity index is 2.96. The van der Waals surface area contributed by atoms with Crippen LogP contribution in [0, 0.1) is 5.21 Å². The monoisotopic (exact) mass is 300 g/mol. The summed E-state index contributed by atoms with van der Waals surface area (Å²) in [4.78, 5) is 0. The number of aliphatic hydroxyl groups excluding tert-OH is 1. The van der Waals surface area contributed by atoms with Crippen LogP contribution in [-0.2, 0) is 0 Å². The summed E-state index contributed by atoms with van der Waals surface area (Å²) in [5.74, 6) is 0. The lowest BCUT2D eigenvalue weighted by atomic mass is 10.0. The first-order valence-corrected chi connectivity index (χ1v) is 9.37. The topological polar surface area (TPSA) is 55.3 Å². The molecule has 0 aliphatic rings. The molecule has 0 aromatic heterocycles. The van der Waals surface area contributed by atoms with E-state index in [1.807, 2.05) is 0 Å². The summed E-state index contributed by atoms with van der Waals surface area (Å²) >= 11 is 0. The third kappa shape index (κ3) is 17.8. The predicted molar refractivity (Wildman–Crippen MR) is 92.1 cm³/mol. The smallest absolute Gasteiger partial charge is 0.0932 e. The van der Waals surface area contributed by atoms with Gasteiger partial charge < -0.3 is 15.8 Å². The summed E-state index contributed by atoms with van der Waals surface area (Å²) in [6.07, 6.45) is 19.8. The van der Waals surface area contributed by atoms with Crippen LogP contribution in [0.4, 0.5) is 0 Å². The summed E-state index contributed by atoms with van der Waals surface area (Å²) < 4.78 is 0. The van der Waals surface area contributed by atoms with Crippen molar-refractivity contribution in [1.29, 1.82) is 0 Å². The van der Waals surface area contributed by atoms with Gasteiger partial charge in [0.1, 0.15) is 0 Å². The first-order valence-electron chi connectivity index (χ1n) is 9.37. The second-order valence-corrected chi connectivity index (χ2v) is 6.37. The van der Waals surface area contributed by atoms with Crippen LogP contribution < -0.4 is 5.48 Å². The molecular formula is C18H38NO2-. The molecule has 0 spiro atoms. The van der Waals surface area contributed by atoms with Crippen LogP contribution in [0.5, 0.6) is 0 Å². The average Bonchev–Trinajstić information content (AvgIpc) is 2.50. The maximum atomic E-state index is 10.1. The van der Waals surface area contributed by atoms with Crippen LogP contribution >= 0.6 is 0 Å². The van der Waals surface area contributed by atoms with Gasteiger partial charge in [0.05, 0.1) is 6.23 Å². The summed E-state index contributed by atoms with van der Waals surface area (Å²) in [5, 5.41) is 19.1. The Kier molecular flexibility index (Phi) is 17.8. The van der Waals surface area contributed by atoms with E-state index in [4.69, 9.17) is 5.11 Å². The lowest BCUT2D eigenvalue weighted by Crippen LogP contribution is -2.22. The van der Waals surface area contributed by atoms with E-state index in [0.717, 1.165) is 12.8 Å². The molecule has 3 nitrogen and oxygen atoms in total. The van der Waals surface area contributed by atoms with Crippen molar-refractivity contribution in [3.8, 4) is 0 Å². The van der Waals surface area contributed by atoms with Gasteiger partial charge in [-0.15, -0.1) is 0 Å². The van der Waals surface area contributed by atoms with Crippen molar-refractivity contribution in [2.24, 2.45) is 0 Å². The van der Waals surface area contributed by atoms with Crippen molar-refractivity contribution in [3.63, 3.8) is 0 Å². The number of unbranched alkanes of at least 4 members (excludes halogenated alkanes) is 14. The normalized spacial score (nSPS) is 12.7. The van der Waals surface area contributed by atoms with Gasteiger partial charge in [-0.1, -0.05) is 96.8 Å². The zero-order valence-electron chi connectivity index (χ0n) is 14.2. The van der Waals surface area contributed by atoms with E-state index < -0.39 is 6.23 Å². The van der Waals surface area contributed by atoms with E-state index in [2.05, 4.69) is 6.92 Å². The Morgan fingerprint density at radius 1 is 0.667 bits per heavy atom. The lowest BCUT2D eigenvalue weighted by Gasteiger charge is -2.15. The van der Waals surface area contributed by atoms with E-state index in [1.165, 1.54) is 83.5 Å². The van der Waals surface area contributed by atoms with Crippen LogP contribution in [0.3, 0.4) is 0 Å². The molecule has 0 aliphatic carbocycles. The Morgan fingerprint density at radius 3 is 1.33 bits per heavy atom. The zero-order chi connectivity index (χ0) is 15.6. The van der Waals surface area contributed by atoms with Crippen LogP contribution in [0.15, 0.2) is 0 Å². The highest BCUT2D eigenvalue weighted by Gasteiger charge is 1.97. The van der Waals surface area contributed by atoms with Gasteiger partial charge in [-0.2, -0.15) is 0 Å². The molecule has 0 bridgehead atoms. The molecule has 21 heavy (non-hydrogen) atoms. The molecule has 0 heterocycles. The second kappa shape index (κ2) is 17.9. The molecular weight excluding hydrogens is 262 g/mol. The van der Waals surface area contributed by atoms with Crippen LogP contribution in [-0.4, -0.2) is 11.3 Å². The quantitative estimate of drug-likeness (QED) is 0.207. The molecule has 2 N–H and O–H groups in total. The molecule has 0 aliphatic heterocycles. The summed E-state index contributed by atoms with van der Waals surface area (Å²) in [5.41, 5.74) is 1.62. The number of hydroxylamine groups is 1. The highest BCUT2D eigenvalue weighted by atomic mass is 16.5. The van der Waals surface area contributed by atoms with Crippen LogP contribution in [0.2, 0.25) is 0 Å². The standard InChI is InChI=1S/C18H38NO2/c1-2-3-4-5-6-7-8-9-10-11-12-13-14-15-16-17-18(20)19-21/h18-20H,2-17H2,1H3/q-1. The zero-order valence-corrected chi connectivity index (χ0v) is 14.2. The van der Waals surface area contributed by atoms with E-state index in [-0.39, 0.29) is 0 Å². The number of hydrogen-bond acceptors (Lipinski definition) is 3. The van der Waals surface area contributed by atoms with Crippen LogP contribution in [0.25, 0.3) is 0 Å². The van der Waals surface area contributed by atoms with E-state index in [0.29, 0.717) is 6.42 Å². The van der Waals surface area contributed by atoms with E-state index in [9.17, 15) is 5.21 Å². The number of hydrogen-bond donors (Lipinski definition) is 2. The maximum Gasteiger partial charge on any atom is 0.0932 e. The summed E-state index contributed by atoms with van der Waals surface area (Å²) in [6, 6.07) is 0. The van der Waals surface area contributed by atoms with Crippen molar-refractivity contribution >= 4 is 0 Å². The fraction of sp³-hybridized carbons (Fsp3) is 1.00.